The van der Waals surface area contributed by atoms with Crippen molar-refractivity contribution in [3.63, 3.8) is 0 Å². The Balaban J connectivity index is 1.58. The molecule has 0 unspecified atom stereocenters. The number of oxazole rings is 1. The fraction of sp³-hybridized carbons (Fsp3) is 0. The third-order valence-electron chi connectivity index (χ3n) is 4.54. The molecule has 2 aromatic heterocycles. The molecule has 5 aromatic rings. The summed E-state index contributed by atoms with van der Waals surface area (Å²) in [5, 5.41) is 0.972. The van der Waals surface area contributed by atoms with E-state index in [4.69, 9.17) is 20.6 Å². The van der Waals surface area contributed by atoms with Crippen LogP contribution in [0, 0.1) is 0 Å². The first-order chi connectivity index (χ1) is 13.3. The van der Waals surface area contributed by atoms with Crippen LogP contribution in [-0.4, -0.2) is 9.97 Å². The van der Waals surface area contributed by atoms with Gasteiger partial charge in [0.1, 0.15) is 22.9 Å². The lowest BCUT2D eigenvalue weighted by atomic mass is 10.0. The number of hydrogen-bond donors (Lipinski definition) is 0. The van der Waals surface area contributed by atoms with Gasteiger partial charge in [0.15, 0.2) is 11.3 Å². The SMILES string of the molecule is ClOc1c(-c2ccc(-c3nc4ccccc4o3)cc2)ccc2cccnc12. The van der Waals surface area contributed by atoms with Gasteiger partial charge in [0, 0.05) is 22.7 Å². The molecule has 4 nitrogen and oxygen atoms in total. The molecule has 0 atom stereocenters. The summed E-state index contributed by atoms with van der Waals surface area (Å²) in [6.07, 6.45) is 1.72. The highest BCUT2D eigenvalue weighted by Crippen LogP contribution is 2.37. The van der Waals surface area contributed by atoms with Crippen LogP contribution in [0.15, 0.2) is 83.4 Å². The molecule has 5 heteroatoms. The minimum absolute atomic E-state index is 0.546. The van der Waals surface area contributed by atoms with Crippen molar-refractivity contribution in [2.45, 2.75) is 0 Å². The Morgan fingerprint density at radius 2 is 1.63 bits per heavy atom. The molecule has 3 aromatic carbocycles. The smallest absolute Gasteiger partial charge is 0.227 e. The van der Waals surface area contributed by atoms with Crippen LogP contribution in [0.1, 0.15) is 0 Å². The van der Waals surface area contributed by atoms with E-state index in [0.29, 0.717) is 11.6 Å². The lowest BCUT2D eigenvalue weighted by Gasteiger charge is -2.09. The van der Waals surface area contributed by atoms with Crippen LogP contribution in [0.3, 0.4) is 0 Å². The standard InChI is InChI=1S/C22H13ClN2O2/c23-27-21-17(12-11-15-4-3-13-24-20(15)21)14-7-9-16(10-8-14)22-25-18-5-1-2-6-19(18)26-22/h1-13H. The van der Waals surface area contributed by atoms with Gasteiger partial charge in [0.2, 0.25) is 5.89 Å². The molecule has 0 N–H and O–H groups in total. The van der Waals surface area contributed by atoms with Crippen LogP contribution in [0.5, 0.6) is 5.75 Å². The predicted octanol–water partition coefficient (Wildman–Crippen LogP) is 6.24. The molecule has 5 rings (SSSR count). The number of halogens is 1. The zero-order valence-electron chi connectivity index (χ0n) is 14.1. The summed E-state index contributed by atoms with van der Waals surface area (Å²) >= 11 is 5.77. The van der Waals surface area contributed by atoms with Crippen LogP contribution < -0.4 is 4.29 Å². The van der Waals surface area contributed by atoms with Crippen molar-refractivity contribution >= 4 is 33.9 Å². The third-order valence-corrected chi connectivity index (χ3v) is 4.70. The van der Waals surface area contributed by atoms with Gasteiger partial charge in [0.05, 0.1) is 0 Å². The summed E-state index contributed by atoms with van der Waals surface area (Å²) < 4.78 is 11.0. The van der Waals surface area contributed by atoms with E-state index in [1.807, 2.05) is 72.8 Å². The Labute approximate surface area is 160 Å². The zero-order valence-corrected chi connectivity index (χ0v) is 14.9. The second-order valence-corrected chi connectivity index (χ2v) is 6.31. The first kappa shape index (κ1) is 15.9. The molecule has 0 saturated heterocycles. The molecule has 27 heavy (non-hydrogen) atoms. The van der Waals surface area contributed by atoms with Crippen LogP contribution in [0.25, 0.3) is 44.6 Å². The number of benzene rings is 3. The summed E-state index contributed by atoms with van der Waals surface area (Å²) in [5.74, 6) is 1.14. The fourth-order valence-electron chi connectivity index (χ4n) is 3.21. The van der Waals surface area contributed by atoms with E-state index in [-0.39, 0.29) is 0 Å². The highest BCUT2D eigenvalue weighted by molar-refractivity contribution is 6.11. The maximum atomic E-state index is 5.84. The van der Waals surface area contributed by atoms with Crippen molar-refractivity contribution in [1.29, 1.82) is 0 Å². The fourth-order valence-corrected chi connectivity index (χ4v) is 3.37. The van der Waals surface area contributed by atoms with Crippen molar-refractivity contribution in [2.75, 3.05) is 0 Å². The molecule has 0 amide bonds. The van der Waals surface area contributed by atoms with Crippen LogP contribution in [0.4, 0.5) is 0 Å². The summed E-state index contributed by atoms with van der Waals surface area (Å²) in [6.45, 7) is 0. The normalized spacial score (nSPS) is 11.1. The minimum atomic E-state index is 0.546. The molecule has 0 aliphatic rings. The Bertz CT molecular complexity index is 1230. The van der Waals surface area contributed by atoms with E-state index < -0.39 is 0 Å². The van der Waals surface area contributed by atoms with Gasteiger partial charge in [-0.05, 0) is 42.0 Å². The summed E-state index contributed by atoms with van der Waals surface area (Å²) in [6, 6.07) is 23.5. The quantitative estimate of drug-likeness (QED) is 0.376. The molecule has 0 spiro atoms. The summed E-state index contributed by atoms with van der Waals surface area (Å²) in [4.78, 5) is 8.93. The average Bonchev–Trinajstić information content (AvgIpc) is 3.17. The average molecular weight is 373 g/mol. The molecule has 2 heterocycles. The molecule has 0 aliphatic heterocycles. The lowest BCUT2D eigenvalue weighted by Crippen LogP contribution is -1.88. The molecule has 0 aliphatic carbocycles. The van der Waals surface area contributed by atoms with Crippen molar-refractivity contribution in [3.05, 3.63) is 79.0 Å². The minimum Gasteiger partial charge on any atom is -0.436 e. The van der Waals surface area contributed by atoms with Crippen LogP contribution in [0.2, 0.25) is 0 Å². The second-order valence-electron chi connectivity index (χ2n) is 6.16. The Kier molecular flexibility index (Phi) is 3.77. The Morgan fingerprint density at radius 1 is 0.815 bits per heavy atom. The van der Waals surface area contributed by atoms with Gasteiger partial charge in [-0.1, -0.05) is 36.4 Å². The van der Waals surface area contributed by atoms with Gasteiger partial charge in [-0.25, -0.2) is 4.98 Å². The molecule has 0 radical (unpaired) electrons. The number of fused-ring (bicyclic) bond motifs is 2. The van der Waals surface area contributed by atoms with Crippen molar-refractivity contribution in [3.8, 4) is 28.3 Å². The zero-order chi connectivity index (χ0) is 18.2. The molecular formula is C22H13ClN2O2. The van der Waals surface area contributed by atoms with Crippen LogP contribution >= 0.6 is 11.9 Å². The van der Waals surface area contributed by atoms with E-state index >= 15 is 0 Å². The summed E-state index contributed by atoms with van der Waals surface area (Å²) in [5.41, 5.74) is 5.10. The monoisotopic (exact) mass is 372 g/mol. The van der Waals surface area contributed by atoms with E-state index in [9.17, 15) is 0 Å². The highest BCUT2D eigenvalue weighted by atomic mass is 35.5. The lowest BCUT2D eigenvalue weighted by molar-refractivity contribution is 0.620. The Hall–Kier alpha value is -3.37. The van der Waals surface area contributed by atoms with Gasteiger partial charge in [-0.15, -0.1) is 0 Å². The van der Waals surface area contributed by atoms with Crippen LogP contribution in [-0.2, 0) is 0 Å². The number of pyridine rings is 1. The molecule has 130 valence electrons. The number of aromatic nitrogens is 2. The molecule has 0 bridgehead atoms. The largest absolute Gasteiger partial charge is 0.436 e. The van der Waals surface area contributed by atoms with Crippen molar-refractivity contribution in [2.24, 2.45) is 0 Å². The predicted molar refractivity (Wildman–Crippen MR) is 107 cm³/mol. The van der Waals surface area contributed by atoms with Gasteiger partial charge in [-0.2, -0.15) is 0 Å². The topological polar surface area (TPSA) is 48.2 Å². The first-order valence-corrected chi connectivity index (χ1v) is 8.77. The third kappa shape index (κ3) is 2.71. The number of para-hydroxylation sites is 2. The van der Waals surface area contributed by atoms with Crippen molar-refractivity contribution < 1.29 is 8.71 Å². The molecular weight excluding hydrogens is 360 g/mol. The maximum absolute atomic E-state index is 5.84. The maximum Gasteiger partial charge on any atom is 0.227 e. The summed E-state index contributed by atoms with van der Waals surface area (Å²) in [7, 11) is 0. The van der Waals surface area contributed by atoms with E-state index in [2.05, 4.69) is 9.97 Å². The number of hydrogen-bond acceptors (Lipinski definition) is 4. The molecule has 0 saturated carbocycles. The van der Waals surface area contributed by atoms with Crippen molar-refractivity contribution in [1.82, 2.24) is 9.97 Å². The number of rotatable bonds is 3. The number of nitrogens with zero attached hydrogens (tertiary/aromatic N) is 2. The van der Waals surface area contributed by atoms with E-state index in [1.54, 1.807) is 6.20 Å². The highest BCUT2D eigenvalue weighted by Gasteiger charge is 2.13. The molecule has 0 fully saturated rings. The van der Waals surface area contributed by atoms with Gasteiger partial charge in [0.25, 0.3) is 0 Å². The van der Waals surface area contributed by atoms with Gasteiger partial charge >= 0.3 is 0 Å². The first-order valence-electron chi connectivity index (χ1n) is 8.46. The van der Waals surface area contributed by atoms with Gasteiger partial charge in [-0.3, -0.25) is 4.98 Å². The Morgan fingerprint density at radius 3 is 2.44 bits per heavy atom. The van der Waals surface area contributed by atoms with Gasteiger partial charge < -0.3 is 8.71 Å². The van der Waals surface area contributed by atoms with E-state index in [0.717, 1.165) is 38.7 Å². The van der Waals surface area contributed by atoms with E-state index in [1.165, 1.54) is 0 Å². The second kappa shape index (κ2) is 6.41.